The van der Waals surface area contributed by atoms with Crippen LogP contribution in [0, 0.1) is 10.2 Å². The molecule has 1 heterocycles. The third kappa shape index (κ3) is 7.95. The minimum Gasteiger partial charge on any atom is -0.494 e. The second kappa shape index (κ2) is 12.3. The maximum Gasteiger partial charge on any atom is 0.368 e. The van der Waals surface area contributed by atoms with E-state index in [2.05, 4.69) is 49.4 Å². The molecule has 4 aromatic rings. The van der Waals surface area contributed by atoms with Crippen molar-refractivity contribution in [2.24, 2.45) is 0 Å². The van der Waals surface area contributed by atoms with Crippen LogP contribution in [0.25, 0.3) is 33.8 Å². The normalized spacial score (nSPS) is 10.9. The van der Waals surface area contributed by atoms with E-state index in [4.69, 9.17) is 27.8 Å². The monoisotopic (exact) mass is 481 g/mol. The van der Waals surface area contributed by atoms with Gasteiger partial charge in [-0.05, 0) is 54.4 Å². The van der Waals surface area contributed by atoms with Crippen molar-refractivity contribution in [2.45, 2.75) is 19.8 Å². The molecule has 176 valence electrons. The minimum atomic E-state index is -4.69. The van der Waals surface area contributed by atoms with Crippen LogP contribution in [0.5, 0.6) is 5.75 Å². The highest BCUT2D eigenvalue weighted by Crippen LogP contribution is 2.36. The van der Waals surface area contributed by atoms with Gasteiger partial charge in [-0.2, -0.15) is 14.0 Å². The van der Waals surface area contributed by atoms with Gasteiger partial charge in [-0.1, -0.05) is 61.9 Å². The van der Waals surface area contributed by atoms with Gasteiger partial charge in [0.05, 0.1) is 38.2 Å². The molecule has 0 bridgehead atoms. The smallest absolute Gasteiger partial charge is 0.368 e. The first-order chi connectivity index (χ1) is 16.3. The number of benzene rings is 3. The third-order valence-corrected chi connectivity index (χ3v) is 4.88. The summed E-state index contributed by atoms with van der Waals surface area (Å²) in [7, 11) is -4.69. The maximum atomic E-state index is 8.60. The van der Waals surface area contributed by atoms with E-state index in [9.17, 15) is 0 Å². The zero-order valence-corrected chi connectivity index (χ0v) is 19.5. The van der Waals surface area contributed by atoms with Gasteiger partial charge in [0.1, 0.15) is 5.75 Å². The highest BCUT2D eigenvalue weighted by molar-refractivity contribution is 5.81. The fourth-order valence-corrected chi connectivity index (χ4v) is 3.29. The zero-order valence-electron chi connectivity index (χ0n) is 18.7. The molecule has 0 aliphatic rings. The number of hydrogen-bond acceptors (Lipinski definition) is 5. The second-order valence-corrected chi connectivity index (χ2v) is 8.19. The van der Waals surface area contributed by atoms with E-state index in [1.54, 1.807) is 0 Å². The van der Waals surface area contributed by atoms with Crippen LogP contribution in [0.2, 0.25) is 0 Å². The summed E-state index contributed by atoms with van der Waals surface area (Å²) in [6, 6.07) is 32.9. The first kappa shape index (κ1) is 25.4. The van der Waals surface area contributed by atoms with Crippen LogP contribution in [0.15, 0.2) is 101 Å². The molecule has 1 N–H and O–H groups in total. The lowest BCUT2D eigenvalue weighted by Gasteiger charge is -2.07. The molecule has 0 unspecified atom stereocenters. The maximum absolute atomic E-state index is 8.60. The topological polar surface area (TPSA) is 110 Å². The van der Waals surface area contributed by atoms with Crippen LogP contribution >= 0.6 is 0 Å². The molecule has 0 atom stereocenters. The summed E-state index contributed by atoms with van der Waals surface area (Å²) in [6.45, 7) is 2.92. The Labute approximate surface area is 201 Å². The van der Waals surface area contributed by atoms with E-state index in [0.717, 1.165) is 59.0 Å². The Morgan fingerprint density at radius 1 is 0.735 bits per heavy atom. The van der Waals surface area contributed by atoms with Crippen LogP contribution in [0.4, 0.5) is 0 Å². The van der Waals surface area contributed by atoms with E-state index >= 15 is 0 Å². The zero-order chi connectivity index (χ0) is 24.4. The lowest BCUT2D eigenvalue weighted by Crippen LogP contribution is -2.58. The van der Waals surface area contributed by atoms with E-state index in [1.165, 1.54) is 0 Å². The number of rotatable bonds is 7. The highest BCUT2D eigenvalue weighted by atomic mass is 35.7. The fraction of sp³-hybridized carbons (Fsp3) is 0.148. The fourth-order valence-electron chi connectivity index (χ4n) is 3.29. The van der Waals surface area contributed by atoms with Gasteiger partial charge >= 0.3 is 11.5 Å². The van der Waals surface area contributed by atoms with Crippen molar-refractivity contribution in [1.82, 2.24) is 0 Å². The quantitative estimate of drug-likeness (QED) is 0.319. The van der Waals surface area contributed by atoms with Crippen molar-refractivity contribution in [3.8, 4) is 39.5 Å². The number of unbranched alkanes of at least 4 members (excludes halogenated alkanes) is 1. The second-order valence-electron chi connectivity index (χ2n) is 7.40. The largest absolute Gasteiger partial charge is 0.494 e. The predicted molar refractivity (Wildman–Crippen MR) is 122 cm³/mol. The van der Waals surface area contributed by atoms with Crippen LogP contribution in [-0.2, 0) is 0 Å². The van der Waals surface area contributed by atoms with Crippen molar-refractivity contribution in [3.63, 3.8) is 0 Å². The molecule has 0 amide bonds. The van der Waals surface area contributed by atoms with Crippen LogP contribution in [0.3, 0.4) is 0 Å². The number of hydrogen-bond donors (Lipinski definition) is 1. The molecule has 0 fully saturated rings. The number of halogens is 1. The first-order valence-electron chi connectivity index (χ1n) is 10.8. The van der Waals surface area contributed by atoms with Gasteiger partial charge in [0.25, 0.3) is 0 Å². The van der Waals surface area contributed by atoms with E-state index in [-0.39, 0.29) is 0 Å². The van der Waals surface area contributed by atoms with E-state index in [0.29, 0.717) is 0 Å². The molecule has 7 heteroatoms. The van der Waals surface area contributed by atoms with Crippen molar-refractivity contribution in [2.75, 3.05) is 6.61 Å². The molecule has 0 radical (unpaired) electrons. The first-order valence-corrected chi connectivity index (χ1v) is 12.1. The molecule has 0 aliphatic heterocycles. The van der Waals surface area contributed by atoms with Gasteiger partial charge < -0.3 is 4.74 Å². The molecule has 0 saturated heterocycles. The van der Waals surface area contributed by atoms with Gasteiger partial charge in [-0.15, -0.1) is 0 Å². The lowest BCUT2D eigenvalue weighted by atomic mass is 9.99. The predicted octanol–water partition coefficient (Wildman–Crippen LogP) is 3.62. The van der Waals surface area contributed by atoms with Gasteiger partial charge in [0, 0.05) is 6.07 Å². The van der Waals surface area contributed by atoms with Crippen molar-refractivity contribution >= 4 is 0 Å². The molecule has 4 rings (SSSR count). The Morgan fingerprint density at radius 2 is 1.29 bits per heavy atom. The average molecular weight is 482 g/mol. The van der Waals surface area contributed by atoms with Crippen molar-refractivity contribution < 1.29 is 38.0 Å². The van der Waals surface area contributed by atoms with Crippen LogP contribution in [-0.4, -0.2) is 11.3 Å². The van der Waals surface area contributed by atoms with Gasteiger partial charge in [0.15, 0.2) is 0 Å². The summed E-state index contributed by atoms with van der Waals surface area (Å²) in [5, 5.41) is 0. The van der Waals surface area contributed by atoms with E-state index in [1.807, 2.05) is 54.6 Å². The standard InChI is InChI=1S/C27H25O2.ClHO4/c1-2-3-20-28-24-16-14-21(15-17-24)25-18-19-26(22-10-6-4-7-11-22)29-27(25)23-12-8-5-9-13-23;2-1(3,4)5/h4-19H,2-3,20H2,1H3;(H,2,3,4,5)/q+1;. The third-order valence-electron chi connectivity index (χ3n) is 4.88. The van der Waals surface area contributed by atoms with Crippen molar-refractivity contribution in [1.29, 1.82) is 0 Å². The summed E-state index contributed by atoms with van der Waals surface area (Å²) in [5.41, 5.74) is 4.30. The van der Waals surface area contributed by atoms with Crippen molar-refractivity contribution in [3.05, 3.63) is 97.1 Å². The summed E-state index contributed by atoms with van der Waals surface area (Å²) in [5.74, 6) is 2.63. The minimum absolute atomic E-state index is 0.756. The molecule has 0 spiro atoms. The Kier molecular flexibility index (Phi) is 9.16. The molecule has 34 heavy (non-hydrogen) atoms. The number of ether oxygens (including phenoxy) is 1. The molecule has 1 aromatic heterocycles. The Balaban J connectivity index is 0.000000588. The lowest BCUT2D eigenvalue weighted by molar-refractivity contribution is -1.92. The summed E-state index contributed by atoms with van der Waals surface area (Å²) in [6.07, 6.45) is 2.20. The van der Waals surface area contributed by atoms with Crippen LogP contribution in [0.1, 0.15) is 19.8 Å². The highest BCUT2D eigenvalue weighted by Gasteiger charge is 2.23. The molecule has 0 saturated carbocycles. The van der Waals surface area contributed by atoms with Gasteiger partial charge in [-0.3, -0.25) is 0 Å². The Hall–Kier alpha value is -3.26. The molecular weight excluding hydrogens is 456 g/mol. The Morgan fingerprint density at radius 3 is 1.85 bits per heavy atom. The van der Waals surface area contributed by atoms with E-state index < -0.39 is 10.2 Å². The summed E-state index contributed by atoms with van der Waals surface area (Å²) in [4.78, 5) is 0. The van der Waals surface area contributed by atoms with Gasteiger partial charge in [0.2, 0.25) is 0 Å². The average Bonchev–Trinajstić information content (AvgIpc) is 2.84. The Bertz CT molecular complexity index is 1140. The molecule has 6 nitrogen and oxygen atoms in total. The summed E-state index contributed by atoms with van der Waals surface area (Å²) < 4.78 is 44.9. The molecule has 0 aliphatic carbocycles. The van der Waals surface area contributed by atoms with Crippen LogP contribution < -0.4 is 18.7 Å². The van der Waals surface area contributed by atoms with Gasteiger partial charge in [-0.25, -0.2) is 4.42 Å². The molecular formula is C27H26ClO6+. The molecule has 3 aromatic carbocycles. The summed E-state index contributed by atoms with van der Waals surface area (Å²) >= 11 is 0. The SMILES string of the molecule is CCCCOc1ccc(-c2ccc(-c3ccccc3)[o+]c2-c2ccccc2)cc1.[O-][Cl+3]([O-])([O-])O.